The third-order valence-corrected chi connectivity index (χ3v) is 4.11. The molecule has 110 valence electrons. The highest BCUT2D eigenvalue weighted by molar-refractivity contribution is 6.33. The minimum atomic E-state index is -0.410. The van der Waals surface area contributed by atoms with Crippen LogP contribution in [0.5, 0.6) is 0 Å². The summed E-state index contributed by atoms with van der Waals surface area (Å²) in [7, 11) is 1.73. The van der Waals surface area contributed by atoms with Crippen molar-refractivity contribution in [1.82, 2.24) is 0 Å². The maximum absolute atomic E-state index is 10.9. The molecule has 2 unspecified atom stereocenters. The van der Waals surface area contributed by atoms with Gasteiger partial charge in [0.25, 0.3) is 5.69 Å². The number of nitrogens with one attached hydrogen (secondary N) is 1. The van der Waals surface area contributed by atoms with Gasteiger partial charge < -0.3 is 10.1 Å². The molecule has 0 bridgehead atoms. The molecule has 2 rings (SSSR count). The average Bonchev–Trinajstić information content (AvgIpc) is 2.42. The molecule has 20 heavy (non-hydrogen) atoms. The lowest BCUT2D eigenvalue weighted by Gasteiger charge is -2.29. The predicted octanol–water partition coefficient (Wildman–Crippen LogP) is 3.93. The van der Waals surface area contributed by atoms with Crippen LogP contribution in [0.15, 0.2) is 12.1 Å². The standard InChI is InChI=1S/C14H19ClN2O3/c1-9-6-13(12(15)8-14(9)17(18)19)16-10-4-3-5-11(7-10)20-2/h6,8,10-11,16H,3-5,7H2,1-2H3. The number of methoxy groups -OCH3 is 1. The molecule has 6 heteroatoms. The van der Waals surface area contributed by atoms with Crippen LogP contribution in [-0.2, 0) is 4.74 Å². The Bertz CT molecular complexity index is 507. The molecule has 1 aromatic carbocycles. The predicted molar refractivity (Wildman–Crippen MR) is 79.5 cm³/mol. The highest BCUT2D eigenvalue weighted by Crippen LogP contribution is 2.32. The molecule has 0 aromatic heterocycles. The minimum absolute atomic E-state index is 0.0546. The Morgan fingerprint density at radius 2 is 2.20 bits per heavy atom. The first kappa shape index (κ1) is 15.1. The van der Waals surface area contributed by atoms with E-state index in [2.05, 4.69) is 5.32 Å². The van der Waals surface area contributed by atoms with Crippen LogP contribution in [0.1, 0.15) is 31.2 Å². The molecule has 0 spiro atoms. The zero-order valence-electron chi connectivity index (χ0n) is 11.7. The van der Waals surface area contributed by atoms with Crippen molar-refractivity contribution in [3.63, 3.8) is 0 Å². The number of rotatable bonds is 4. The van der Waals surface area contributed by atoms with Crippen LogP contribution in [0.3, 0.4) is 0 Å². The Kier molecular flexibility index (Phi) is 4.83. The Morgan fingerprint density at radius 1 is 1.45 bits per heavy atom. The van der Waals surface area contributed by atoms with Gasteiger partial charge in [-0.3, -0.25) is 10.1 Å². The van der Waals surface area contributed by atoms with Crippen LogP contribution >= 0.6 is 11.6 Å². The average molecular weight is 299 g/mol. The summed E-state index contributed by atoms with van der Waals surface area (Å²) in [4.78, 5) is 10.5. The van der Waals surface area contributed by atoms with E-state index in [1.54, 1.807) is 20.1 Å². The highest BCUT2D eigenvalue weighted by Gasteiger charge is 2.23. The van der Waals surface area contributed by atoms with Gasteiger partial charge in [0.15, 0.2) is 0 Å². The summed E-state index contributed by atoms with van der Waals surface area (Å²) in [5.74, 6) is 0. The van der Waals surface area contributed by atoms with Gasteiger partial charge in [0.05, 0.1) is 21.7 Å². The van der Waals surface area contributed by atoms with E-state index >= 15 is 0 Å². The van der Waals surface area contributed by atoms with E-state index in [0.29, 0.717) is 16.6 Å². The lowest BCUT2D eigenvalue weighted by Crippen LogP contribution is -2.31. The van der Waals surface area contributed by atoms with E-state index in [9.17, 15) is 10.1 Å². The van der Waals surface area contributed by atoms with Crippen molar-refractivity contribution in [1.29, 1.82) is 0 Å². The normalized spacial score (nSPS) is 22.6. The number of halogens is 1. The van der Waals surface area contributed by atoms with Crippen LogP contribution < -0.4 is 5.32 Å². The second-order valence-corrected chi connectivity index (χ2v) is 5.65. The second-order valence-electron chi connectivity index (χ2n) is 5.24. The van der Waals surface area contributed by atoms with Crippen molar-refractivity contribution >= 4 is 23.0 Å². The van der Waals surface area contributed by atoms with Gasteiger partial charge in [-0.05, 0) is 38.7 Å². The fourth-order valence-electron chi connectivity index (χ4n) is 2.69. The van der Waals surface area contributed by atoms with Crippen molar-refractivity contribution in [3.05, 3.63) is 32.8 Å². The van der Waals surface area contributed by atoms with Gasteiger partial charge in [-0.2, -0.15) is 0 Å². The Balaban J connectivity index is 2.13. The number of nitro benzene ring substituents is 1. The van der Waals surface area contributed by atoms with Crippen LogP contribution in [0.4, 0.5) is 11.4 Å². The molecule has 1 aliphatic carbocycles. The molecule has 1 aromatic rings. The Morgan fingerprint density at radius 3 is 2.85 bits per heavy atom. The molecular weight excluding hydrogens is 280 g/mol. The molecule has 2 atom stereocenters. The van der Waals surface area contributed by atoms with Crippen LogP contribution in [0.2, 0.25) is 5.02 Å². The number of nitrogens with zero attached hydrogens (tertiary/aromatic N) is 1. The van der Waals surface area contributed by atoms with Gasteiger partial charge in [0.2, 0.25) is 0 Å². The molecule has 1 saturated carbocycles. The number of benzene rings is 1. The summed E-state index contributed by atoms with van der Waals surface area (Å²) in [6.45, 7) is 1.72. The van der Waals surface area contributed by atoms with Gasteiger partial charge in [-0.25, -0.2) is 0 Å². The van der Waals surface area contributed by atoms with E-state index in [1.807, 2.05) is 0 Å². The quantitative estimate of drug-likeness (QED) is 0.676. The van der Waals surface area contributed by atoms with Gasteiger partial charge in [-0.15, -0.1) is 0 Å². The highest BCUT2D eigenvalue weighted by atomic mass is 35.5. The SMILES string of the molecule is COC1CCCC(Nc2cc(C)c([N+](=O)[O-])cc2Cl)C1. The van der Waals surface area contributed by atoms with Gasteiger partial charge in [-0.1, -0.05) is 11.6 Å². The largest absolute Gasteiger partial charge is 0.381 e. The van der Waals surface area contributed by atoms with Gasteiger partial charge in [0, 0.05) is 24.8 Å². The molecule has 0 amide bonds. The fourth-order valence-corrected chi connectivity index (χ4v) is 2.90. The minimum Gasteiger partial charge on any atom is -0.381 e. The number of aryl methyl sites for hydroxylation is 1. The van der Waals surface area contributed by atoms with Crippen molar-refractivity contribution in [3.8, 4) is 0 Å². The zero-order valence-corrected chi connectivity index (χ0v) is 12.4. The number of hydrogen-bond donors (Lipinski definition) is 1. The lowest BCUT2D eigenvalue weighted by atomic mass is 9.92. The summed E-state index contributed by atoms with van der Waals surface area (Å²) in [6.07, 6.45) is 4.47. The first-order valence-electron chi connectivity index (χ1n) is 6.75. The van der Waals surface area contributed by atoms with E-state index in [4.69, 9.17) is 16.3 Å². The summed E-state index contributed by atoms with van der Waals surface area (Å²) in [5, 5.41) is 14.6. The molecular formula is C14H19ClN2O3. The third kappa shape index (κ3) is 3.41. The smallest absolute Gasteiger partial charge is 0.273 e. The zero-order chi connectivity index (χ0) is 14.7. The molecule has 1 aliphatic rings. The monoisotopic (exact) mass is 298 g/mol. The number of anilines is 1. The molecule has 0 saturated heterocycles. The van der Waals surface area contributed by atoms with E-state index in [0.717, 1.165) is 31.4 Å². The van der Waals surface area contributed by atoms with Gasteiger partial charge >= 0.3 is 0 Å². The molecule has 0 aliphatic heterocycles. The molecule has 1 fully saturated rings. The first-order chi connectivity index (χ1) is 9.51. The molecule has 0 radical (unpaired) electrons. The van der Waals surface area contributed by atoms with E-state index in [-0.39, 0.29) is 11.8 Å². The van der Waals surface area contributed by atoms with Gasteiger partial charge in [0.1, 0.15) is 0 Å². The van der Waals surface area contributed by atoms with Crippen LogP contribution in [0.25, 0.3) is 0 Å². The maximum Gasteiger partial charge on any atom is 0.273 e. The van der Waals surface area contributed by atoms with Crippen molar-refractivity contribution in [2.75, 3.05) is 12.4 Å². The van der Waals surface area contributed by atoms with Crippen molar-refractivity contribution < 1.29 is 9.66 Å². The topological polar surface area (TPSA) is 64.4 Å². The van der Waals surface area contributed by atoms with Crippen LogP contribution in [0, 0.1) is 17.0 Å². The number of nitro groups is 1. The molecule has 0 heterocycles. The molecule has 1 N–H and O–H groups in total. The van der Waals surface area contributed by atoms with Crippen molar-refractivity contribution in [2.45, 2.75) is 44.8 Å². The fraction of sp³-hybridized carbons (Fsp3) is 0.571. The summed E-state index contributed by atoms with van der Waals surface area (Å²) >= 11 is 6.14. The summed E-state index contributed by atoms with van der Waals surface area (Å²) in [6, 6.07) is 3.46. The number of ether oxygens (including phenoxy) is 1. The maximum atomic E-state index is 10.9. The van der Waals surface area contributed by atoms with Crippen molar-refractivity contribution in [2.24, 2.45) is 0 Å². The Hall–Kier alpha value is -1.33. The first-order valence-corrected chi connectivity index (χ1v) is 7.13. The van der Waals surface area contributed by atoms with Crippen LogP contribution in [-0.4, -0.2) is 24.2 Å². The molecule has 5 nitrogen and oxygen atoms in total. The lowest BCUT2D eigenvalue weighted by molar-refractivity contribution is -0.385. The van der Waals surface area contributed by atoms with E-state index < -0.39 is 4.92 Å². The number of hydrogen-bond acceptors (Lipinski definition) is 4. The summed E-state index contributed by atoms with van der Waals surface area (Å²) < 4.78 is 5.40. The Labute approximate surface area is 123 Å². The summed E-state index contributed by atoms with van der Waals surface area (Å²) in [5.41, 5.74) is 1.43. The second kappa shape index (κ2) is 6.41. The third-order valence-electron chi connectivity index (χ3n) is 3.80. The van der Waals surface area contributed by atoms with E-state index in [1.165, 1.54) is 6.07 Å².